The predicted octanol–water partition coefficient (Wildman–Crippen LogP) is 4.30. The predicted molar refractivity (Wildman–Crippen MR) is 94.2 cm³/mol. The number of rotatable bonds is 3. The van der Waals surface area contributed by atoms with Crippen molar-refractivity contribution in [3.8, 4) is 0 Å². The van der Waals surface area contributed by atoms with Gasteiger partial charge in [-0.2, -0.15) is 5.10 Å². The first-order valence-corrected chi connectivity index (χ1v) is 7.70. The summed E-state index contributed by atoms with van der Waals surface area (Å²) in [7, 11) is 0. The summed E-state index contributed by atoms with van der Waals surface area (Å²) in [6.07, 6.45) is 5.01. The molecule has 0 unspecified atom stereocenters. The number of fused-ring (bicyclic) bond motifs is 1. The van der Waals surface area contributed by atoms with Crippen LogP contribution in [0.1, 0.15) is 11.4 Å². The van der Waals surface area contributed by atoms with Crippen LogP contribution in [-0.4, -0.2) is 21.2 Å². The number of hydrogen-bond donors (Lipinski definition) is 1. The standard InChI is InChI=1S/C15H10Cl3N5/c16-15(17,18)14-21-12-4-2-1-3-11(12)13(22-14)23-20-9-10-5-7-19-8-6-10/h1-9H,(H,21,22,23). The number of nitrogens with one attached hydrogen (secondary N) is 1. The molecule has 0 aliphatic carbocycles. The van der Waals surface area contributed by atoms with Gasteiger partial charge in [0.2, 0.25) is 3.79 Å². The van der Waals surface area contributed by atoms with Crippen LogP contribution in [0, 0.1) is 0 Å². The van der Waals surface area contributed by atoms with Crippen LogP contribution >= 0.6 is 34.8 Å². The molecule has 23 heavy (non-hydrogen) atoms. The van der Waals surface area contributed by atoms with Gasteiger partial charge in [-0.15, -0.1) is 0 Å². The largest absolute Gasteiger partial charge is 0.265 e. The summed E-state index contributed by atoms with van der Waals surface area (Å²) in [5, 5.41) is 4.94. The van der Waals surface area contributed by atoms with E-state index in [9.17, 15) is 0 Å². The monoisotopic (exact) mass is 365 g/mol. The molecule has 0 bridgehead atoms. The van der Waals surface area contributed by atoms with Crippen LogP contribution in [0.2, 0.25) is 0 Å². The van der Waals surface area contributed by atoms with Crippen molar-refractivity contribution in [2.24, 2.45) is 5.10 Å². The Kier molecular flexibility index (Phi) is 4.61. The Morgan fingerprint density at radius 3 is 2.48 bits per heavy atom. The first-order valence-electron chi connectivity index (χ1n) is 6.57. The van der Waals surface area contributed by atoms with Gasteiger partial charge < -0.3 is 0 Å². The van der Waals surface area contributed by atoms with E-state index in [1.807, 2.05) is 36.4 Å². The van der Waals surface area contributed by atoms with Crippen molar-refractivity contribution in [2.45, 2.75) is 3.79 Å². The molecule has 2 aromatic heterocycles. The molecule has 1 aromatic carbocycles. The van der Waals surface area contributed by atoms with E-state index in [1.165, 1.54) is 0 Å². The minimum atomic E-state index is -1.71. The second kappa shape index (κ2) is 6.66. The molecule has 116 valence electrons. The van der Waals surface area contributed by atoms with Gasteiger partial charge in [-0.1, -0.05) is 46.9 Å². The maximum Gasteiger partial charge on any atom is 0.250 e. The molecule has 0 fully saturated rings. The number of halogens is 3. The molecule has 0 saturated carbocycles. The Morgan fingerprint density at radius 1 is 1.00 bits per heavy atom. The van der Waals surface area contributed by atoms with Crippen molar-refractivity contribution in [1.29, 1.82) is 0 Å². The second-order valence-corrected chi connectivity index (χ2v) is 6.84. The van der Waals surface area contributed by atoms with Crippen molar-refractivity contribution in [2.75, 3.05) is 5.43 Å². The van der Waals surface area contributed by atoms with Gasteiger partial charge in [0.05, 0.1) is 11.7 Å². The van der Waals surface area contributed by atoms with Gasteiger partial charge in [-0.25, -0.2) is 9.97 Å². The molecule has 8 heteroatoms. The van der Waals surface area contributed by atoms with E-state index in [4.69, 9.17) is 34.8 Å². The Morgan fingerprint density at radius 2 is 1.74 bits per heavy atom. The molecule has 0 saturated heterocycles. The number of benzene rings is 1. The van der Waals surface area contributed by atoms with Crippen LogP contribution in [-0.2, 0) is 3.79 Å². The lowest BCUT2D eigenvalue weighted by Crippen LogP contribution is -2.09. The van der Waals surface area contributed by atoms with Crippen LogP contribution in [0.5, 0.6) is 0 Å². The van der Waals surface area contributed by atoms with Gasteiger partial charge in [0.1, 0.15) is 0 Å². The van der Waals surface area contributed by atoms with E-state index < -0.39 is 3.79 Å². The van der Waals surface area contributed by atoms with E-state index in [-0.39, 0.29) is 5.82 Å². The molecule has 3 rings (SSSR count). The van der Waals surface area contributed by atoms with Crippen molar-refractivity contribution in [3.63, 3.8) is 0 Å². The topological polar surface area (TPSA) is 63.1 Å². The molecular weight excluding hydrogens is 357 g/mol. The number of nitrogens with zero attached hydrogens (tertiary/aromatic N) is 4. The Hall–Kier alpha value is -1.95. The summed E-state index contributed by atoms with van der Waals surface area (Å²) >= 11 is 17.7. The minimum absolute atomic E-state index is 0.0859. The lowest BCUT2D eigenvalue weighted by Gasteiger charge is -2.12. The fourth-order valence-electron chi connectivity index (χ4n) is 1.91. The van der Waals surface area contributed by atoms with E-state index in [1.54, 1.807) is 18.6 Å². The normalized spacial score (nSPS) is 12.0. The molecule has 0 spiro atoms. The third-order valence-corrected chi connectivity index (χ3v) is 3.45. The SMILES string of the molecule is ClC(Cl)(Cl)c1nc(NN=Cc2ccncc2)c2ccccc2n1. The van der Waals surface area contributed by atoms with Gasteiger partial charge in [0.25, 0.3) is 0 Å². The fourth-order valence-corrected chi connectivity index (χ4v) is 2.16. The van der Waals surface area contributed by atoms with Gasteiger partial charge in [-0.05, 0) is 29.8 Å². The highest BCUT2D eigenvalue weighted by Crippen LogP contribution is 2.37. The van der Waals surface area contributed by atoms with Gasteiger partial charge in [-0.3, -0.25) is 10.4 Å². The van der Waals surface area contributed by atoms with Crippen LogP contribution in [0.15, 0.2) is 53.9 Å². The zero-order valence-electron chi connectivity index (χ0n) is 11.6. The molecule has 2 heterocycles. The number of aromatic nitrogens is 3. The maximum atomic E-state index is 5.89. The van der Waals surface area contributed by atoms with Crippen LogP contribution in [0.4, 0.5) is 5.82 Å². The third kappa shape index (κ3) is 3.88. The van der Waals surface area contributed by atoms with Crippen LogP contribution in [0.3, 0.4) is 0 Å². The number of pyridine rings is 1. The zero-order valence-corrected chi connectivity index (χ0v) is 13.9. The van der Waals surface area contributed by atoms with Crippen LogP contribution < -0.4 is 5.43 Å². The zero-order chi connectivity index (χ0) is 16.3. The first-order chi connectivity index (χ1) is 11.0. The highest BCUT2D eigenvalue weighted by atomic mass is 35.6. The summed E-state index contributed by atoms with van der Waals surface area (Å²) in [5.74, 6) is 0.546. The smallest absolute Gasteiger partial charge is 0.250 e. The van der Waals surface area contributed by atoms with Gasteiger partial charge in [0.15, 0.2) is 11.6 Å². The van der Waals surface area contributed by atoms with Crippen LogP contribution in [0.25, 0.3) is 10.9 Å². The molecule has 0 aliphatic heterocycles. The number of anilines is 1. The molecular formula is C15H10Cl3N5. The quantitative estimate of drug-likeness (QED) is 0.426. The Labute approximate surface area is 147 Å². The molecule has 5 nitrogen and oxygen atoms in total. The lowest BCUT2D eigenvalue weighted by atomic mass is 10.2. The molecule has 0 amide bonds. The lowest BCUT2D eigenvalue weighted by molar-refractivity contribution is 0.992. The highest BCUT2D eigenvalue weighted by molar-refractivity contribution is 6.66. The Bertz CT molecular complexity index is 847. The molecule has 0 atom stereocenters. The summed E-state index contributed by atoms with van der Waals surface area (Å²) in [5.41, 5.74) is 4.42. The van der Waals surface area contributed by atoms with E-state index in [0.717, 1.165) is 10.9 Å². The minimum Gasteiger partial charge on any atom is -0.265 e. The molecule has 3 aromatic rings. The molecule has 1 N–H and O–H groups in total. The number of hydrogen-bond acceptors (Lipinski definition) is 5. The number of para-hydroxylation sites is 1. The van der Waals surface area contributed by atoms with Crippen molar-refractivity contribution in [3.05, 3.63) is 60.2 Å². The number of alkyl halides is 3. The summed E-state index contributed by atoms with van der Waals surface area (Å²) in [6, 6.07) is 11.1. The van der Waals surface area contributed by atoms with Crippen molar-refractivity contribution in [1.82, 2.24) is 15.0 Å². The van der Waals surface area contributed by atoms with Crippen molar-refractivity contribution < 1.29 is 0 Å². The third-order valence-electron chi connectivity index (χ3n) is 2.95. The van der Waals surface area contributed by atoms with E-state index in [0.29, 0.717) is 11.3 Å². The summed E-state index contributed by atoms with van der Waals surface area (Å²) in [4.78, 5) is 12.5. The van der Waals surface area contributed by atoms with E-state index >= 15 is 0 Å². The summed E-state index contributed by atoms with van der Waals surface area (Å²) in [6.45, 7) is 0. The fraction of sp³-hybridized carbons (Fsp3) is 0.0667. The van der Waals surface area contributed by atoms with Crippen molar-refractivity contribution >= 4 is 57.7 Å². The maximum absolute atomic E-state index is 5.89. The Balaban J connectivity index is 1.97. The summed E-state index contributed by atoms with van der Waals surface area (Å²) < 4.78 is -1.71. The molecule has 0 radical (unpaired) electrons. The molecule has 0 aliphatic rings. The van der Waals surface area contributed by atoms with Gasteiger partial charge in [0, 0.05) is 17.8 Å². The average Bonchev–Trinajstić information content (AvgIpc) is 2.55. The number of hydrazone groups is 1. The highest BCUT2D eigenvalue weighted by Gasteiger charge is 2.28. The van der Waals surface area contributed by atoms with Gasteiger partial charge >= 0.3 is 0 Å². The first kappa shape index (κ1) is 15.9. The van der Waals surface area contributed by atoms with E-state index in [2.05, 4.69) is 25.5 Å². The second-order valence-electron chi connectivity index (χ2n) is 4.56. The average molecular weight is 367 g/mol.